The van der Waals surface area contributed by atoms with Crippen molar-refractivity contribution in [3.05, 3.63) is 65.2 Å². The van der Waals surface area contributed by atoms with Crippen LogP contribution < -0.4 is 4.84 Å². The van der Waals surface area contributed by atoms with Gasteiger partial charge < -0.3 is 14.4 Å². The van der Waals surface area contributed by atoms with E-state index in [4.69, 9.17) is 19.7 Å². The Hall–Kier alpha value is -3.66. The molecule has 2 aromatic carbocycles. The number of hydrogen-bond donors (Lipinski definition) is 0. The summed E-state index contributed by atoms with van der Waals surface area (Å²) in [6.07, 6.45) is 0. The molecule has 0 spiro atoms. The first kappa shape index (κ1) is 18.7. The highest BCUT2D eigenvalue weighted by atomic mass is 16.6. The van der Waals surface area contributed by atoms with Crippen molar-refractivity contribution in [3.8, 4) is 11.8 Å². The van der Waals surface area contributed by atoms with E-state index in [9.17, 15) is 4.79 Å². The predicted molar refractivity (Wildman–Crippen MR) is 96.0 cm³/mol. The molecule has 0 aliphatic rings. The van der Waals surface area contributed by atoms with Gasteiger partial charge >= 0.3 is 5.97 Å². The maximum Gasteiger partial charge on any atom is 0.360 e. The third-order valence-corrected chi connectivity index (χ3v) is 3.38. The van der Waals surface area contributed by atoms with Crippen LogP contribution >= 0.6 is 0 Å². The second-order valence-corrected chi connectivity index (χ2v) is 5.07. The van der Waals surface area contributed by atoms with Crippen LogP contribution in [0.4, 0.5) is 0 Å². The second kappa shape index (κ2) is 8.99. The average Bonchev–Trinajstić information content (AvgIpc) is 2.69. The normalized spacial score (nSPS) is 11.5. The summed E-state index contributed by atoms with van der Waals surface area (Å²) in [5.74, 6) is -0.200. The molecule has 0 unspecified atom stereocenters. The van der Waals surface area contributed by atoms with Crippen molar-refractivity contribution in [2.24, 2.45) is 10.3 Å². The maximum absolute atomic E-state index is 12.0. The van der Waals surface area contributed by atoms with Crippen molar-refractivity contribution in [2.45, 2.75) is 6.92 Å². The number of carbonyl (C=O) groups excluding carboxylic acids is 1. The third kappa shape index (κ3) is 4.45. The number of hydrogen-bond acceptors (Lipinski definition) is 7. The summed E-state index contributed by atoms with van der Waals surface area (Å²) in [6.45, 7) is 1.73. The van der Waals surface area contributed by atoms with Crippen LogP contribution in [0.3, 0.4) is 0 Å². The lowest BCUT2D eigenvalue weighted by Gasteiger charge is -2.10. The molecule has 7 heteroatoms. The topological polar surface area (TPSA) is 93.3 Å². The van der Waals surface area contributed by atoms with Crippen molar-refractivity contribution in [3.63, 3.8) is 0 Å². The van der Waals surface area contributed by atoms with Crippen LogP contribution in [0.25, 0.3) is 0 Å². The minimum absolute atomic E-state index is 0.0200. The van der Waals surface area contributed by atoms with Crippen LogP contribution in [0.1, 0.15) is 23.6 Å². The molecular weight excluding hydrogens is 334 g/mol. The molecule has 0 N–H and O–H groups in total. The SMILES string of the molecule is CON=C(C(=O)OC)c1ccccc1C(C)=NOc1cccc(C#N)c1. The number of benzene rings is 2. The van der Waals surface area contributed by atoms with Crippen LogP contribution in [0.5, 0.6) is 5.75 Å². The second-order valence-electron chi connectivity index (χ2n) is 5.07. The van der Waals surface area contributed by atoms with E-state index < -0.39 is 5.97 Å². The first-order valence-electron chi connectivity index (χ1n) is 7.61. The number of methoxy groups -OCH3 is 1. The quantitative estimate of drug-likeness (QED) is 0.453. The lowest BCUT2D eigenvalue weighted by molar-refractivity contribution is -0.132. The van der Waals surface area contributed by atoms with Gasteiger partial charge in [0.25, 0.3) is 0 Å². The van der Waals surface area contributed by atoms with E-state index in [1.54, 1.807) is 55.5 Å². The zero-order valence-electron chi connectivity index (χ0n) is 14.6. The summed E-state index contributed by atoms with van der Waals surface area (Å²) in [5, 5.41) is 16.8. The van der Waals surface area contributed by atoms with Crippen LogP contribution in [0, 0.1) is 11.3 Å². The zero-order valence-corrected chi connectivity index (χ0v) is 14.6. The van der Waals surface area contributed by atoms with Crippen LogP contribution in [0.2, 0.25) is 0 Å². The van der Waals surface area contributed by atoms with Gasteiger partial charge in [-0.1, -0.05) is 40.6 Å². The summed E-state index contributed by atoms with van der Waals surface area (Å²) in [6, 6.07) is 15.7. The molecule has 2 rings (SSSR count). The molecule has 26 heavy (non-hydrogen) atoms. The Bertz CT molecular complexity index is 898. The maximum atomic E-state index is 12.0. The molecule has 0 fully saturated rings. The summed E-state index contributed by atoms with van der Waals surface area (Å²) in [5.41, 5.74) is 2.13. The number of oxime groups is 2. The smallest absolute Gasteiger partial charge is 0.360 e. The van der Waals surface area contributed by atoms with Gasteiger partial charge in [-0.25, -0.2) is 4.79 Å². The number of esters is 1. The van der Waals surface area contributed by atoms with Crippen LogP contribution in [-0.4, -0.2) is 31.6 Å². The minimum atomic E-state index is -0.630. The molecule has 0 aliphatic heterocycles. The van der Waals surface area contributed by atoms with Crippen LogP contribution in [0.15, 0.2) is 58.8 Å². The number of nitriles is 1. The Morgan fingerprint density at radius 2 is 1.77 bits per heavy atom. The van der Waals surface area contributed by atoms with E-state index in [1.807, 2.05) is 6.07 Å². The van der Waals surface area contributed by atoms with Gasteiger partial charge in [0.05, 0.1) is 24.5 Å². The van der Waals surface area contributed by atoms with Gasteiger partial charge in [0, 0.05) is 17.2 Å². The van der Waals surface area contributed by atoms with E-state index in [2.05, 4.69) is 10.3 Å². The van der Waals surface area contributed by atoms with Crippen molar-refractivity contribution in [1.82, 2.24) is 0 Å². The molecule has 0 saturated carbocycles. The van der Waals surface area contributed by atoms with Gasteiger partial charge in [0.2, 0.25) is 0 Å². The van der Waals surface area contributed by atoms with E-state index in [0.717, 1.165) is 0 Å². The van der Waals surface area contributed by atoms with E-state index in [1.165, 1.54) is 14.2 Å². The van der Waals surface area contributed by atoms with Crippen LogP contribution in [-0.2, 0) is 14.4 Å². The number of nitrogens with zero attached hydrogens (tertiary/aromatic N) is 3. The monoisotopic (exact) mass is 351 g/mol. The predicted octanol–water partition coefficient (Wildman–Crippen LogP) is 2.88. The minimum Gasteiger partial charge on any atom is -0.464 e. The molecule has 0 heterocycles. The largest absolute Gasteiger partial charge is 0.464 e. The Labute approximate surface area is 151 Å². The molecule has 7 nitrogen and oxygen atoms in total. The standard InChI is InChI=1S/C19H17N3O4/c1-13(21-26-15-8-6-7-14(11-15)12-20)16-9-4-5-10-17(16)18(22-25-3)19(23)24-2/h4-11H,1-3H3. The molecule has 2 aromatic rings. The number of rotatable bonds is 6. The Kier molecular flexibility index (Phi) is 6.46. The van der Waals surface area contributed by atoms with Gasteiger partial charge in [-0.3, -0.25) is 0 Å². The van der Waals surface area contributed by atoms with Gasteiger partial charge in [0.1, 0.15) is 7.11 Å². The van der Waals surface area contributed by atoms with Gasteiger partial charge in [0.15, 0.2) is 11.5 Å². The molecule has 0 amide bonds. The molecule has 132 valence electrons. The fourth-order valence-electron chi connectivity index (χ4n) is 2.18. The first-order valence-corrected chi connectivity index (χ1v) is 7.61. The number of carbonyl (C=O) groups is 1. The van der Waals surface area contributed by atoms with Gasteiger partial charge in [-0.15, -0.1) is 0 Å². The fraction of sp³-hybridized carbons (Fsp3) is 0.158. The molecular formula is C19H17N3O4. The van der Waals surface area contributed by atoms with E-state index >= 15 is 0 Å². The fourth-order valence-corrected chi connectivity index (χ4v) is 2.18. The van der Waals surface area contributed by atoms with E-state index in [-0.39, 0.29) is 5.71 Å². The van der Waals surface area contributed by atoms with Crippen molar-refractivity contribution < 1.29 is 19.2 Å². The van der Waals surface area contributed by atoms with Gasteiger partial charge in [-0.05, 0) is 19.1 Å². The Morgan fingerprint density at radius 3 is 2.42 bits per heavy atom. The molecule has 0 atom stereocenters. The lowest BCUT2D eigenvalue weighted by atomic mass is 10.00. The number of ether oxygens (including phenoxy) is 1. The van der Waals surface area contributed by atoms with E-state index in [0.29, 0.717) is 28.2 Å². The Balaban J connectivity index is 2.37. The van der Waals surface area contributed by atoms with Gasteiger partial charge in [-0.2, -0.15) is 5.26 Å². The van der Waals surface area contributed by atoms with Crippen molar-refractivity contribution >= 4 is 17.4 Å². The average molecular weight is 351 g/mol. The summed E-state index contributed by atoms with van der Waals surface area (Å²) < 4.78 is 4.76. The third-order valence-electron chi connectivity index (χ3n) is 3.38. The highest BCUT2D eigenvalue weighted by Gasteiger charge is 2.20. The summed E-state index contributed by atoms with van der Waals surface area (Å²) in [7, 11) is 2.61. The lowest BCUT2D eigenvalue weighted by Crippen LogP contribution is -2.20. The molecule has 0 saturated heterocycles. The van der Waals surface area contributed by atoms with Crippen molar-refractivity contribution in [1.29, 1.82) is 5.26 Å². The van der Waals surface area contributed by atoms with Crippen molar-refractivity contribution in [2.75, 3.05) is 14.2 Å². The molecule has 0 bridgehead atoms. The molecule has 0 radical (unpaired) electrons. The zero-order chi connectivity index (χ0) is 18.9. The summed E-state index contributed by atoms with van der Waals surface area (Å²) in [4.78, 5) is 22.1. The molecule has 0 aliphatic carbocycles. The highest BCUT2D eigenvalue weighted by Crippen LogP contribution is 2.16. The Morgan fingerprint density at radius 1 is 1.04 bits per heavy atom. The summed E-state index contributed by atoms with van der Waals surface area (Å²) >= 11 is 0. The molecule has 0 aromatic heterocycles. The highest BCUT2D eigenvalue weighted by molar-refractivity contribution is 6.44. The first-order chi connectivity index (χ1) is 12.6.